The molecule has 6 nitrogen and oxygen atoms in total. The molecule has 0 spiro atoms. The van der Waals surface area contributed by atoms with E-state index >= 15 is 0 Å². The first kappa shape index (κ1) is 26.0. The molecule has 1 aliphatic heterocycles. The molecule has 1 N–H and O–H groups in total. The average molecular weight is 537 g/mol. The number of hydrogen-bond acceptors (Lipinski definition) is 4. The van der Waals surface area contributed by atoms with Gasteiger partial charge in [-0.1, -0.05) is 26.0 Å². The van der Waals surface area contributed by atoms with Crippen LogP contribution in [0, 0.1) is 19.3 Å². The van der Waals surface area contributed by atoms with Crippen molar-refractivity contribution < 1.29 is 8.42 Å². The highest BCUT2D eigenvalue weighted by atomic mass is 127. The Morgan fingerprint density at radius 3 is 2.34 bits per heavy atom. The van der Waals surface area contributed by atoms with Gasteiger partial charge >= 0.3 is 0 Å². The molecule has 0 saturated carbocycles. The van der Waals surface area contributed by atoms with Gasteiger partial charge in [0.1, 0.15) is 9.84 Å². The molecule has 1 aromatic rings. The van der Waals surface area contributed by atoms with E-state index in [1.54, 1.807) is 0 Å². The summed E-state index contributed by atoms with van der Waals surface area (Å²) in [5.74, 6) is 1.11. The third kappa shape index (κ3) is 7.96. The predicted octanol–water partition coefficient (Wildman–Crippen LogP) is 3.08. The van der Waals surface area contributed by atoms with Gasteiger partial charge in [0.2, 0.25) is 0 Å². The highest BCUT2D eigenvalue weighted by Crippen LogP contribution is 2.24. The van der Waals surface area contributed by atoms with E-state index in [2.05, 4.69) is 66.0 Å². The first-order valence-electron chi connectivity index (χ1n) is 9.97. The Morgan fingerprint density at radius 2 is 1.79 bits per heavy atom. The monoisotopic (exact) mass is 536 g/mol. The van der Waals surface area contributed by atoms with Crippen molar-refractivity contribution in [3.63, 3.8) is 0 Å². The number of halogens is 1. The van der Waals surface area contributed by atoms with Crippen molar-refractivity contribution in [3.8, 4) is 0 Å². The van der Waals surface area contributed by atoms with Crippen molar-refractivity contribution in [1.29, 1.82) is 0 Å². The lowest BCUT2D eigenvalue weighted by molar-refractivity contribution is 0.327. The van der Waals surface area contributed by atoms with Crippen molar-refractivity contribution in [2.24, 2.45) is 10.4 Å². The fourth-order valence-electron chi connectivity index (χ4n) is 3.44. The van der Waals surface area contributed by atoms with Gasteiger partial charge in [0, 0.05) is 51.7 Å². The molecule has 29 heavy (non-hydrogen) atoms. The minimum atomic E-state index is -2.94. The normalized spacial score (nSPS) is 15.9. The van der Waals surface area contributed by atoms with Gasteiger partial charge in [-0.2, -0.15) is 0 Å². The van der Waals surface area contributed by atoms with Gasteiger partial charge in [0.15, 0.2) is 5.96 Å². The van der Waals surface area contributed by atoms with Crippen molar-refractivity contribution in [3.05, 3.63) is 29.3 Å². The number of nitrogens with zero attached hydrogens (tertiary/aromatic N) is 3. The summed E-state index contributed by atoms with van der Waals surface area (Å²) in [7, 11) is -1.13. The first-order chi connectivity index (χ1) is 13.0. The second-order valence-corrected chi connectivity index (χ2v) is 10.9. The lowest BCUT2D eigenvalue weighted by Gasteiger charge is -2.39. The Hall–Kier alpha value is -1.03. The molecule has 1 saturated heterocycles. The van der Waals surface area contributed by atoms with Crippen molar-refractivity contribution in [2.75, 3.05) is 56.7 Å². The lowest BCUT2D eigenvalue weighted by Crippen LogP contribution is -2.53. The summed E-state index contributed by atoms with van der Waals surface area (Å²) >= 11 is 0. The molecule has 1 heterocycles. The summed E-state index contributed by atoms with van der Waals surface area (Å²) in [6, 6.07) is 6.49. The Balaban J connectivity index is 0.00000420. The maximum atomic E-state index is 11.5. The number of sulfone groups is 1. The zero-order chi connectivity index (χ0) is 20.9. The van der Waals surface area contributed by atoms with Crippen molar-refractivity contribution >= 4 is 45.5 Å². The molecule has 166 valence electrons. The maximum absolute atomic E-state index is 11.5. The summed E-state index contributed by atoms with van der Waals surface area (Å²) in [6.07, 6.45) is 1.93. The second-order valence-electron chi connectivity index (χ2n) is 8.64. The molecule has 1 fully saturated rings. The van der Waals surface area contributed by atoms with E-state index in [0.717, 1.165) is 32.1 Å². The molecule has 0 atom stereocenters. The number of benzene rings is 1. The molecule has 2 rings (SSSR count). The van der Waals surface area contributed by atoms with Crippen LogP contribution in [0.25, 0.3) is 0 Å². The Morgan fingerprint density at radius 1 is 1.17 bits per heavy atom. The molecule has 1 aromatic carbocycles. The zero-order valence-corrected chi connectivity index (χ0v) is 21.8. The molecule has 0 unspecified atom stereocenters. The summed E-state index contributed by atoms with van der Waals surface area (Å²) < 4.78 is 22.9. The van der Waals surface area contributed by atoms with E-state index in [9.17, 15) is 8.42 Å². The summed E-state index contributed by atoms with van der Waals surface area (Å²) in [4.78, 5) is 9.18. The molecular weight excluding hydrogens is 499 g/mol. The number of aliphatic imine (C=N–C) groups is 1. The highest BCUT2D eigenvalue weighted by molar-refractivity contribution is 14.0. The standard InChI is InChI=1S/C21H36N4O2S.HI/c1-17-8-7-9-19(18(17)2)24-11-13-25(14-12-24)20(22-5)23-16-21(3,4)10-15-28(6,26)27;/h7-9H,10-16H2,1-6H3,(H,22,23);1H. The van der Waals surface area contributed by atoms with E-state index in [-0.39, 0.29) is 35.1 Å². The number of piperazine rings is 1. The SMILES string of the molecule is CN=C(NCC(C)(C)CCS(C)(=O)=O)N1CCN(c2cccc(C)c2C)CC1.I. The minimum Gasteiger partial charge on any atom is -0.368 e. The van der Waals surface area contributed by atoms with Crippen LogP contribution < -0.4 is 10.2 Å². The number of anilines is 1. The lowest BCUT2D eigenvalue weighted by atomic mass is 9.90. The van der Waals surface area contributed by atoms with Gasteiger partial charge in [-0.15, -0.1) is 24.0 Å². The van der Waals surface area contributed by atoms with E-state index in [0.29, 0.717) is 13.0 Å². The van der Waals surface area contributed by atoms with Crippen molar-refractivity contribution in [1.82, 2.24) is 10.2 Å². The second kappa shape index (κ2) is 10.8. The quantitative estimate of drug-likeness (QED) is 0.344. The molecule has 0 amide bonds. The smallest absolute Gasteiger partial charge is 0.193 e. The number of guanidine groups is 1. The largest absolute Gasteiger partial charge is 0.368 e. The Kier molecular flexibility index (Phi) is 9.72. The summed E-state index contributed by atoms with van der Waals surface area (Å²) in [5, 5.41) is 3.45. The zero-order valence-electron chi connectivity index (χ0n) is 18.7. The summed E-state index contributed by atoms with van der Waals surface area (Å²) in [5.41, 5.74) is 3.89. The predicted molar refractivity (Wildman–Crippen MR) is 135 cm³/mol. The van der Waals surface area contributed by atoms with Gasteiger partial charge < -0.3 is 15.1 Å². The minimum absolute atomic E-state index is 0. The van der Waals surface area contributed by atoms with Crippen LogP contribution in [0.4, 0.5) is 5.69 Å². The number of nitrogens with one attached hydrogen (secondary N) is 1. The maximum Gasteiger partial charge on any atom is 0.193 e. The topological polar surface area (TPSA) is 65.0 Å². The van der Waals surface area contributed by atoms with Crippen LogP contribution in [0.5, 0.6) is 0 Å². The molecule has 8 heteroatoms. The average Bonchev–Trinajstić information content (AvgIpc) is 2.63. The molecule has 0 aromatic heterocycles. The summed E-state index contributed by atoms with van der Waals surface area (Å²) in [6.45, 7) is 13.0. The third-order valence-corrected chi connectivity index (χ3v) is 6.53. The number of rotatable bonds is 6. The van der Waals surface area contributed by atoms with Crippen LogP contribution >= 0.6 is 24.0 Å². The Labute approximate surface area is 194 Å². The Bertz CT molecular complexity index is 801. The van der Waals surface area contributed by atoms with Gasteiger partial charge in [0.05, 0.1) is 5.75 Å². The fourth-order valence-corrected chi connectivity index (χ4v) is 4.36. The molecule has 1 aliphatic rings. The van der Waals surface area contributed by atoms with E-state index in [1.807, 2.05) is 7.05 Å². The van der Waals surface area contributed by atoms with Crippen LogP contribution in [0.15, 0.2) is 23.2 Å². The van der Waals surface area contributed by atoms with Crippen LogP contribution in [0.1, 0.15) is 31.4 Å². The van der Waals surface area contributed by atoms with E-state index in [4.69, 9.17) is 0 Å². The van der Waals surface area contributed by atoms with Crippen LogP contribution in [-0.2, 0) is 9.84 Å². The molecule has 0 aliphatic carbocycles. The molecule has 0 radical (unpaired) electrons. The van der Waals surface area contributed by atoms with Gasteiger partial charge in [-0.25, -0.2) is 8.42 Å². The van der Waals surface area contributed by atoms with Crippen LogP contribution in [0.3, 0.4) is 0 Å². The van der Waals surface area contributed by atoms with Crippen LogP contribution in [-0.4, -0.2) is 71.1 Å². The highest BCUT2D eigenvalue weighted by Gasteiger charge is 2.24. The van der Waals surface area contributed by atoms with Crippen molar-refractivity contribution in [2.45, 2.75) is 34.1 Å². The molecular formula is C21H37IN4O2S. The number of aryl methyl sites for hydroxylation is 1. The molecule has 0 bridgehead atoms. The van der Waals surface area contributed by atoms with Gasteiger partial charge in [0.25, 0.3) is 0 Å². The van der Waals surface area contributed by atoms with E-state index < -0.39 is 9.84 Å². The first-order valence-corrected chi connectivity index (χ1v) is 12.0. The third-order valence-electron chi connectivity index (χ3n) is 5.58. The van der Waals surface area contributed by atoms with E-state index in [1.165, 1.54) is 23.1 Å². The number of hydrogen-bond donors (Lipinski definition) is 1. The van der Waals surface area contributed by atoms with Crippen LogP contribution in [0.2, 0.25) is 0 Å². The fraction of sp³-hybridized carbons (Fsp3) is 0.667. The van der Waals surface area contributed by atoms with Gasteiger partial charge in [-0.05, 0) is 42.9 Å². The van der Waals surface area contributed by atoms with Gasteiger partial charge in [-0.3, -0.25) is 4.99 Å².